The Kier molecular flexibility index (Phi) is 11.9. The van der Waals surface area contributed by atoms with Crippen LogP contribution < -0.4 is 4.90 Å². The van der Waals surface area contributed by atoms with E-state index in [9.17, 15) is 13.2 Å². The van der Waals surface area contributed by atoms with Gasteiger partial charge in [0.05, 0.1) is 22.4 Å². The highest BCUT2D eigenvalue weighted by Crippen LogP contribution is 2.61. The molecule has 0 saturated heterocycles. The summed E-state index contributed by atoms with van der Waals surface area (Å²) >= 11 is 1.80. The maximum Gasteiger partial charge on any atom is 0.416 e. The van der Waals surface area contributed by atoms with Gasteiger partial charge in [-0.25, -0.2) is 0 Å². The van der Waals surface area contributed by atoms with E-state index in [0.717, 1.165) is 116 Å². The molecule has 0 unspecified atom stereocenters. The number of benzene rings is 12. The van der Waals surface area contributed by atoms with Crippen LogP contribution in [-0.4, -0.2) is 0 Å². The minimum absolute atomic E-state index is 0.683. The van der Waals surface area contributed by atoms with Crippen LogP contribution >= 0.6 is 11.8 Å². The highest BCUT2D eigenvalue weighted by atomic mass is 32.2. The first-order chi connectivity index (χ1) is 38.8. The molecule has 0 spiro atoms. The molecule has 79 heavy (non-hydrogen) atoms. The van der Waals surface area contributed by atoms with Gasteiger partial charge in [0.15, 0.2) is 0 Å². The van der Waals surface area contributed by atoms with Crippen LogP contribution in [0.15, 0.2) is 301 Å². The smallest absolute Gasteiger partial charge is 0.308 e. The van der Waals surface area contributed by atoms with Gasteiger partial charge in [-0.2, -0.15) is 13.2 Å². The second kappa shape index (κ2) is 19.5. The number of hydrogen-bond donors (Lipinski definition) is 0. The quantitative estimate of drug-likeness (QED) is 0.142. The van der Waals surface area contributed by atoms with E-state index < -0.39 is 17.2 Å². The van der Waals surface area contributed by atoms with Gasteiger partial charge in [-0.05, 0) is 173 Å². The topological polar surface area (TPSA) is 3.24 Å². The highest BCUT2D eigenvalue weighted by molar-refractivity contribution is 7.99. The van der Waals surface area contributed by atoms with Crippen LogP contribution in [0.1, 0.15) is 27.8 Å². The maximum absolute atomic E-state index is 14.3. The van der Waals surface area contributed by atoms with E-state index >= 15 is 0 Å². The van der Waals surface area contributed by atoms with Crippen molar-refractivity contribution in [1.29, 1.82) is 0 Å². The summed E-state index contributed by atoms with van der Waals surface area (Å²) in [5.41, 5.74) is 20.6. The number of fused-ring (bicyclic) bond motifs is 5. The molecule has 0 aromatic heterocycles. The van der Waals surface area contributed by atoms with E-state index in [-0.39, 0.29) is 0 Å². The number of nitrogens with zero attached hydrogens (tertiary/aromatic N) is 1. The second-order valence-electron chi connectivity index (χ2n) is 20.3. The molecule has 0 atom stereocenters. The molecule has 12 aromatic carbocycles. The number of hydrogen-bond acceptors (Lipinski definition) is 2. The predicted octanol–water partition coefficient (Wildman–Crippen LogP) is 21.0. The monoisotopic (exact) mass is 1040 g/mol. The highest BCUT2D eigenvalue weighted by Gasteiger charge is 2.48. The van der Waals surface area contributed by atoms with E-state index in [4.69, 9.17) is 0 Å². The second-order valence-corrected chi connectivity index (χ2v) is 21.4. The number of anilines is 3. The molecule has 0 fully saturated rings. The lowest BCUT2D eigenvalue weighted by Gasteiger charge is -2.36. The summed E-state index contributed by atoms with van der Waals surface area (Å²) in [7, 11) is 0. The Morgan fingerprint density at radius 2 is 0.709 bits per heavy atom. The van der Waals surface area contributed by atoms with Crippen molar-refractivity contribution in [3.05, 3.63) is 319 Å². The van der Waals surface area contributed by atoms with Crippen LogP contribution in [0.3, 0.4) is 0 Å². The van der Waals surface area contributed by atoms with Gasteiger partial charge >= 0.3 is 6.18 Å². The van der Waals surface area contributed by atoms with Crippen LogP contribution in [0, 0.1) is 0 Å². The number of alkyl halides is 3. The van der Waals surface area contributed by atoms with Crippen LogP contribution in [0.25, 0.3) is 77.9 Å². The summed E-state index contributed by atoms with van der Waals surface area (Å²) in [5, 5.41) is 0. The molecule has 14 rings (SSSR count). The molecule has 0 amide bonds. The molecule has 0 N–H and O–H groups in total. The summed E-state index contributed by atoms with van der Waals surface area (Å²) in [5.74, 6) is 0. The van der Waals surface area contributed by atoms with Gasteiger partial charge < -0.3 is 4.90 Å². The van der Waals surface area contributed by atoms with Gasteiger partial charge in [0.25, 0.3) is 0 Å². The molecule has 1 heterocycles. The molecule has 0 bridgehead atoms. The first-order valence-electron chi connectivity index (χ1n) is 26.5. The molecule has 1 aliphatic carbocycles. The van der Waals surface area contributed by atoms with Crippen LogP contribution in [-0.2, 0) is 11.6 Å². The molecule has 12 aromatic rings. The third-order valence-corrected chi connectivity index (χ3v) is 16.9. The Balaban J connectivity index is 0.971. The molecular weight excluding hydrogens is 992 g/mol. The fraction of sp³-hybridized carbons (Fsp3) is 0.0270. The minimum atomic E-state index is -4.49. The van der Waals surface area contributed by atoms with E-state index in [1.807, 2.05) is 36.4 Å². The van der Waals surface area contributed by atoms with Crippen molar-refractivity contribution in [2.75, 3.05) is 4.90 Å². The van der Waals surface area contributed by atoms with Gasteiger partial charge in [0.1, 0.15) is 0 Å². The lowest BCUT2D eigenvalue weighted by Crippen LogP contribution is -2.29. The van der Waals surface area contributed by atoms with Crippen molar-refractivity contribution in [3.8, 4) is 77.9 Å². The summed E-state index contributed by atoms with van der Waals surface area (Å²) < 4.78 is 43.0. The summed E-state index contributed by atoms with van der Waals surface area (Å²) in [6.45, 7) is 0. The van der Waals surface area contributed by atoms with E-state index in [1.165, 1.54) is 17.7 Å². The fourth-order valence-electron chi connectivity index (χ4n) is 12.1. The van der Waals surface area contributed by atoms with Crippen molar-refractivity contribution >= 4 is 28.8 Å². The third-order valence-electron chi connectivity index (χ3n) is 15.8. The normalized spacial score (nSPS) is 13.0. The summed E-state index contributed by atoms with van der Waals surface area (Å²) in [4.78, 5) is 4.69. The SMILES string of the molecule is FC(F)(F)c1ccc(-c2cc(-c3cccc(-c4ccccc4)c3)cc3c2C(c2ccccc2)(c2ccccc2)c2cc(-c4ccc5c(c4)Sc4cc(-c6ccccc6)ccc4N5c4ccc(-c5ccccc5)cc4)ccc2-3)cc1. The Bertz CT molecular complexity index is 4180. The number of halogens is 3. The lowest BCUT2D eigenvalue weighted by molar-refractivity contribution is -0.137. The van der Waals surface area contributed by atoms with Gasteiger partial charge in [-0.1, -0.05) is 230 Å². The predicted molar refractivity (Wildman–Crippen MR) is 320 cm³/mol. The third kappa shape index (κ3) is 8.46. The zero-order valence-electron chi connectivity index (χ0n) is 42.7. The standard InChI is InChI=1S/C74H48F3NS/c75-74(76,77)62-36-29-53(30-37-62)65-44-59(55-24-16-23-54(43-55)50-19-8-2-9-20-50)45-66-64-40-33-56(46-67(64)73(72(65)66,60-25-12-4-13-26-60)61-27-14-5-15-28-61)58-35-42-69-71(48-58)79-70-47-57(51-21-10-3-11-22-51)34-41-68(70)78(69)63-38-31-52(32-39-63)49-17-6-1-7-18-49/h1-48H. The summed E-state index contributed by atoms with van der Waals surface area (Å²) in [6.07, 6.45) is -4.49. The van der Waals surface area contributed by atoms with Crippen molar-refractivity contribution < 1.29 is 13.2 Å². The molecule has 1 aliphatic heterocycles. The molecule has 376 valence electrons. The molecule has 0 radical (unpaired) electrons. The first-order valence-corrected chi connectivity index (χ1v) is 27.3. The first kappa shape index (κ1) is 48.0. The van der Waals surface area contributed by atoms with Crippen molar-refractivity contribution in [2.24, 2.45) is 0 Å². The Morgan fingerprint density at radius 3 is 1.25 bits per heavy atom. The fourth-order valence-corrected chi connectivity index (χ4v) is 13.2. The van der Waals surface area contributed by atoms with Gasteiger partial charge in [0.2, 0.25) is 0 Å². The van der Waals surface area contributed by atoms with E-state index in [1.54, 1.807) is 23.9 Å². The van der Waals surface area contributed by atoms with Gasteiger partial charge in [0, 0.05) is 15.5 Å². The Morgan fingerprint density at radius 1 is 0.304 bits per heavy atom. The van der Waals surface area contributed by atoms with Crippen LogP contribution in [0.5, 0.6) is 0 Å². The maximum atomic E-state index is 14.3. The van der Waals surface area contributed by atoms with Crippen molar-refractivity contribution in [3.63, 3.8) is 0 Å². The van der Waals surface area contributed by atoms with Crippen molar-refractivity contribution in [1.82, 2.24) is 0 Å². The number of rotatable bonds is 9. The van der Waals surface area contributed by atoms with E-state index in [0.29, 0.717) is 5.56 Å². The molecular formula is C74H48F3NS. The average molecular weight is 1040 g/mol. The Hall–Kier alpha value is -9.42. The van der Waals surface area contributed by atoms with Crippen LogP contribution in [0.2, 0.25) is 0 Å². The Labute approximate surface area is 462 Å². The zero-order valence-corrected chi connectivity index (χ0v) is 43.5. The average Bonchev–Trinajstić information content (AvgIpc) is 4.02. The lowest BCUT2D eigenvalue weighted by atomic mass is 9.65. The van der Waals surface area contributed by atoms with Gasteiger partial charge in [-0.3, -0.25) is 0 Å². The molecule has 2 aliphatic rings. The molecule has 1 nitrogen and oxygen atoms in total. The summed E-state index contributed by atoms with van der Waals surface area (Å²) in [6, 6.07) is 101. The zero-order chi connectivity index (χ0) is 53.1. The van der Waals surface area contributed by atoms with Crippen molar-refractivity contribution in [2.45, 2.75) is 21.4 Å². The molecule has 5 heteroatoms. The molecule has 0 saturated carbocycles. The van der Waals surface area contributed by atoms with Crippen LogP contribution in [0.4, 0.5) is 30.2 Å². The largest absolute Gasteiger partial charge is 0.416 e. The minimum Gasteiger partial charge on any atom is -0.308 e. The van der Waals surface area contributed by atoms with E-state index in [2.05, 4.69) is 235 Å². The van der Waals surface area contributed by atoms with Gasteiger partial charge in [-0.15, -0.1) is 0 Å².